The highest BCUT2D eigenvalue weighted by Gasteiger charge is 2.34. The molecule has 0 saturated heterocycles. The van der Waals surface area contributed by atoms with Gasteiger partial charge in [-0.05, 0) is 63.2 Å². The van der Waals surface area contributed by atoms with Crippen LogP contribution in [-0.2, 0) is 34.5 Å². The summed E-state index contributed by atoms with van der Waals surface area (Å²) in [4.78, 5) is 1.42. The van der Waals surface area contributed by atoms with Crippen molar-refractivity contribution < 1.29 is 9.29 Å². The Labute approximate surface area is 191 Å². The number of thioether (sulfide) groups is 1. The molecular weight excluding hydrogens is 420 g/mol. The van der Waals surface area contributed by atoms with Crippen molar-refractivity contribution in [1.82, 2.24) is 0 Å². The van der Waals surface area contributed by atoms with E-state index in [2.05, 4.69) is 60.7 Å². The van der Waals surface area contributed by atoms with Crippen molar-refractivity contribution in [2.24, 2.45) is 0 Å². The Morgan fingerprint density at radius 3 is 2.65 bits per heavy atom. The summed E-state index contributed by atoms with van der Waals surface area (Å²) in [5.41, 5.74) is 9.61. The summed E-state index contributed by atoms with van der Waals surface area (Å²) in [5, 5.41) is 0. The fraction of sp³-hybridized carbons (Fsp3) is 0.333. The van der Waals surface area contributed by atoms with Crippen LogP contribution in [0, 0.1) is 0 Å². The maximum atomic E-state index is 12.1. The van der Waals surface area contributed by atoms with Gasteiger partial charge in [0, 0.05) is 22.8 Å². The molecule has 0 N–H and O–H groups in total. The van der Waals surface area contributed by atoms with Gasteiger partial charge in [0.2, 0.25) is 0 Å². The van der Waals surface area contributed by atoms with Crippen molar-refractivity contribution in [3.63, 3.8) is 0 Å². The maximum Gasteiger partial charge on any atom is 0.130 e. The number of ether oxygens (including phenoxy) is 1. The zero-order valence-corrected chi connectivity index (χ0v) is 19.1. The van der Waals surface area contributed by atoms with E-state index in [-0.39, 0.29) is 6.10 Å². The maximum absolute atomic E-state index is 12.1. The fourth-order valence-electron chi connectivity index (χ4n) is 5.51. The first-order chi connectivity index (χ1) is 15.3. The molecule has 0 aromatic heterocycles. The highest BCUT2D eigenvalue weighted by Crippen LogP contribution is 2.50. The van der Waals surface area contributed by atoms with E-state index in [0.29, 0.717) is 11.7 Å². The lowest BCUT2D eigenvalue weighted by molar-refractivity contribution is 0.0213. The predicted octanol–water partition coefficient (Wildman–Crippen LogP) is 6.05. The summed E-state index contributed by atoms with van der Waals surface area (Å²) in [6, 6.07) is 22.2. The first-order valence-electron chi connectivity index (χ1n) is 11.2. The van der Waals surface area contributed by atoms with Crippen molar-refractivity contribution >= 4 is 22.9 Å². The van der Waals surface area contributed by atoms with Crippen LogP contribution in [0.25, 0.3) is 11.1 Å². The van der Waals surface area contributed by atoms with Gasteiger partial charge in [-0.3, -0.25) is 0 Å². The van der Waals surface area contributed by atoms with Crippen LogP contribution >= 0.6 is 11.8 Å². The van der Waals surface area contributed by atoms with Gasteiger partial charge >= 0.3 is 0 Å². The van der Waals surface area contributed by atoms with Crippen LogP contribution < -0.4 is 0 Å². The second-order valence-electron chi connectivity index (χ2n) is 8.69. The first kappa shape index (κ1) is 19.9. The molecule has 31 heavy (non-hydrogen) atoms. The van der Waals surface area contributed by atoms with Crippen molar-refractivity contribution in [3.05, 3.63) is 88.5 Å². The Morgan fingerprint density at radius 2 is 1.68 bits per heavy atom. The average Bonchev–Trinajstić information content (AvgIpc) is 2.82. The molecule has 0 amide bonds. The Kier molecular flexibility index (Phi) is 5.35. The number of hydrogen-bond donors (Lipinski definition) is 0. The number of fused-ring (bicyclic) bond motifs is 3. The lowest BCUT2D eigenvalue weighted by Crippen LogP contribution is -2.24. The minimum Gasteiger partial charge on any atom is -0.616 e. The molecule has 0 bridgehead atoms. The predicted molar refractivity (Wildman–Crippen MR) is 129 cm³/mol. The molecule has 0 fully saturated rings. The van der Waals surface area contributed by atoms with Crippen LogP contribution in [0.5, 0.6) is 0 Å². The number of benzene rings is 3. The van der Waals surface area contributed by atoms with E-state index in [1.807, 2.05) is 11.8 Å². The summed E-state index contributed by atoms with van der Waals surface area (Å²) in [5.74, 6) is 2.99. The van der Waals surface area contributed by atoms with Crippen molar-refractivity contribution in [2.45, 2.75) is 41.9 Å². The van der Waals surface area contributed by atoms with Gasteiger partial charge in [-0.15, -0.1) is 11.8 Å². The van der Waals surface area contributed by atoms with E-state index in [0.717, 1.165) is 37.4 Å². The van der Waals surface area contributed by atoms with Crippen LogP contribution in [0.1, 0.15) is 46.3 Å². The summed E-state index contributed by atoms with van der Waals surface area (Å²) in [6.45, 7) is 0.809. The topological polar surface area (TPSA) is 32.3 Å². The molecule has 0 spiro atoms. The smallest absolute Gasteiger partial charge is 0.130 e. The van der Waals surface area contributed by atoms with E-state index in [1.54, 1.807) is 0 Å². The second kappa shape index (κ2) is 8.32. The van der Waals surface area contributed by atoms with E-state index in [1.165, 1.54) is 43.8 Å². The molecule has 0 aliphatic carbocycles. The van der Waals surface area contributed by atoms with Gasteiger partial charge in [0.05, 0.1) is 12.7 Å². The first-order valence-corrected chi connectivity index (χ1v) is 13.7. The Morgan fingerprint density at radius 1 is 0.871 bits per heavy atom. The van der Waals surface area contributed by atoms with Gasteiger partial charge in [-0.25, -0.2) is 0 Å². The van der Waals surface area contributed by atoms with Gasteiger partial charge in [-0.1, -0.05) is 60.7 Å². The summed E-state index contributed by atoms with van der Waals surface area (Å²) in [6.07, 6.45) is 3.21. The zero-order valence-electron chi connectivity index (χ0n) is 17.5. The molecule has 3 unspecified atom stereocenters. The second-order valence-corrected chi connectivity index (χ2v) is 11.4. The molecule has 158 valence electrons. The molecule has 0 saturated carbocycles. The normalized spacial score (nSPS) is 24.7. The highest BCUT2D eigenvalue weighted by atomic mass is 32.2. The Hall–Kier alpha value is -1.72. The van der Waals surface area contributed by atoms with Crippen LogP contribution in [0.15, 0.2) is 65.6 Å². The van der Waals surface area contributed by atoms with Gasteiger partial charge in [-0.2, -0.15) is 0 Å². The largest absolute Gasteiger partial charge is 0.616 e. The molecule has 0 radical (unpaired) electrons. The van der Waals surface area contributed by atoms with Gasteiger partial charge < -0.3 is 9.29 Å². The van der Waals surface area contributed by atoms with Crippen LogP contribution in [-0.4, -0.2) is 22.7 Å². The van der Waals surface area contributed by atoms with Gasteiger partial charge in [0.1, 0.15) is 11.5 Å². The van der Waals surface area contributed by atoms with Crippen molar-refractivity contribution in [2.75, 3.05) is 18.1 Å². The third kappa shape index (κ3) is 3.54. The Balaban J connectivity index is 1.44. The molecule has 3 atom stereocenters. The average molecular weight is 447 g/mol. The van der Waals surface area contributed by atoms with E-state index < -0.39 is 11.2 Å². The lowest BCUT2D eigenvalue weighted by Gasteiger charge is -2.36. The molecular formula is C27H26O2S2. The van der Waals surface area contributed by atoms with E-state index in [4.69, 9.17) is 4.74 Å². The summed E-state index contributed by atoms with van der Waals surface area (Å²) < 4.78 is 18.5. The lowest BCUT2D eigenvalue weighted by atomic mass is 9.82. The third-order valence-corrected chi connectivity index (χ3v) is 9.45. The summed E-state index contributed by atoms with van der Waals surface area (Å²) >= 11 is 1.27. The number of hydrogen-bond acceptors (Lipinski definition) is 3. The van der Waals surface area contributed by atoms with E-state index >= 15 is 0 Å². The fourth-order valence-corrected chi connectivity index (χ4v) is 8.00. The monoisotopic (exact) mass is 446 g/mol. The molecule has 3 aliphatic heterocycles. The van der Waals surface area contributed by atoms with Crippen molar-refractivity contribution in [1.29, 1.82) is 0 Å². The third-order valence-electron chi connectivity index (χ3n) is 6.98. The quantitative estimate of drug-likeness (QED) is 0.449. The standard InChI is InChI=1S/C27H26O2S2/c28-31-16-13-20-19(17-31)6-3-8-22(20)24-9-4-10-25-23(12-15-30-27(24)25)26-21-7-2-1-5-18(21)11-14-29-26/h1-10,23,26H,11-17H2. The molecule has 3 aliphatic rings. The molecule has 6 rings (SSSR count). The molecule has 3 heterocycles. The SMILES string of the molecule is [O-][S+]1CCc2c(cccc2-c2cccc3c2SCCC3C2OCCc3ccccc32)C1. The number of rotatable bonds is 2. The van der Waals surface area contributed by atoms with Gasteiger partial charge in [0.15, 0.2) is 0 Å². The Bertz CT molecular complexity index is 1130. The highest BCUT2D eigenvalue weighted by molar-refractivity contribution is 7.99. The molecule has 3 aromatic carbocycles. The molecule has 2 nitrogen and oxygen atoms in total. The van der Waals surface area contributed by atoms with Crippen molar-refractivity contribution in [3.8, 4) is 11.1 Å². The zero-order chi connectivity index (χ0) is 20.8. The van der Waals surface area contributed by atoms with Crippen LogP contribution in [0.4, 0.5) is 0 Å². The van der Waals surface area contributed by atoms with E-state index in [9.17, 15) is 4.55 Å². The van der Waals surface area contributed by atoms with Gasteiger partial charge in [0.25, 0.3) is 0 Å². The summed E-state index contributed by atoms with van der Waals surface area (Å²) in [7, 11) is 0. The molecule has 4 heteroatoms. The minimum absolute atomic E-state index is 0.145. The van der Waals surface area contributed by atoms with Crippen LogP contribution in [0.2, 0.25) is 0 Å². The molecule has 3 aromatic rings. The van der Waals surface area contributed by atoms with Crippen LogP contribution in [0.3, 0.4) is 0 Å². The minimum atomic E-state index is -0.720.